The van der Waals surface area contributed by atoms with Gasteiger partial charge in [-0.15, -0.1) is 0 Å². The van der Waals surface area contributed by atoms with Crippen LogP contribution in [-0.4, -0.2) is 32.8 Å². The number of benzene rings is 1. The molecule has 1 aliphatic carbocycles. The highest BCUT2D eigenvalue weighted by atomic mass is 16.2. The van der Waals surface area contributed by atoms with Gasteiger partial charge in [0, 0.05) is 37.1 Å². The molecule has 5 rings (SSSR count). The molecule has 26 heavy (non-hydrogen) atoms. The predicted octanol–water partition coefficient (Wildman–Crippen LogP) is 2.38. The summed E-state index contributed by atoms with van der Waals surface area (Å²) in [5.74, 6) is 0.898. The van der Waals surface area contributed by atoms with Gasteiger partial charge in [0.2, 0.25) is 11.8 Å². The van der Waals surface area contributed by atoms with Crippen molar-refractivity contribution in [2.45, 2.75) is 37.6 Å². The van der Waals surface area contributed by atoms with E-state index in [4.69, 9.17) is 0 Å². The zero-order valence-electron chi connectivity index (χ0n) is 15.0. The van der Waals surface area contributed by atoms with Gasteiger partial charge in [0.25, 0.3) is 0 Å². The third-order valence-electron chi connectivity index (χ3n) is 6.47. The highest BCUT2D eigenvalue weighted by Gasteiger charge is 2.62. The number of fused-ring (bicyclic) bond motifs is 2. The Morgan fingerprint density at radius 2 is 2.04 bits per heavy atom. The van der Waals surface area contributed by atoms with Crippen molar-refractivity contribution in [3.8, 4) is 0 Å². The highest BCUT2D eigenvalue weighted by Crippen LogP contribution is 2.57. The fourth-order valence-corrected chi connectivity index (χ4v) is 4.65. The number of amides is 2. The Balaban J connectivity index is 1.70. The largest absolute Gasteiger partial charge is 0.336 e. The van der Waals surface area contributed by atoms with Gasteiger partial charge >= 0.3 is 0 Å². The van der Waals surface area contributed by atoms with Crippen LogP contribution in [0.3, 0.4) is 0 Å². The number of para-hydroxylation sites is 1. The molecule has 2 fully saturated rings. The Morgan fingerprint density at radius 3 is 2.73 bits per heavy atom. The first-order valence-electron chi connectivity index (χ1n) is 9.17. The number of hydrogen-bond donors (Lipinski definition) is 1. The molecule has 3 aliphatic rings. The molecule has 0 bridgehead atoms. The third-order valence-corrected chi connectivity index (χ3v) is 6.47. The topological polar surface area (TPSA) is 67.2 Å². The van der Waals surface area contributed by atoms with Gasteiger partial charge in [-0.05, 0) is 30.9 Å². The van der Waals surface area contributed by atoms with Gasteiger partial charge in [-0.2, -0.15) is 0 Å². The Hall–Kier alpha value is -2.63. The number of nitrogens with zero attached hydrogens (tertiary/aromatic N) is 3. The number of aryl methyl sites for hydroxylation is 1. The van der Waals surface area contributed by atoms with Crippen LogP contribution in [0.5, 0.6) is 0 Å². The van der Waals surface area contributed by atoms with Crippen molar-refractivity contribution in [2.75, 3.05) is 11.9 Å². The second kappa shape index (κ2) is 4.96. The fraction of sp³-hybridized carbons (Fsp3) is 0.450. The summed E-state index contributed by atoms with van der Waals surface area (Å²) in [6, 6.07) is 7.45. The molecule has 2 aromatic rings. The van der Waals surface area contributed by atoms with E-state index in [1.54, 1.807) is 6.20 Å². The van der Waals surface area contributed by atoms with Crippen LogP contribution in [0, 0.1) is 5.41 Å². The number of hydrogen-bond acceptors (Lipinski definition) is 3. The lowest BCUT2D eigenvalue weighted by atomic mass is 9.74. The second-order valence-electron chi connectivity index (χ2n) is 8.08. The summed E-state index contributed by atoms with van der Waals surface area (Å²) in [6.07, 6.45) is 6.08. The molecule has 0 unspecified atom stereocenters. The van der Waals surface area contributed by atoms with Gasteiger partial charge in [0.1, 0.15) is 17.3 Å². The maximum absolute atomic E-state index is 13.3. The monoisotopic (exact) mass is 350 g/mol. The molecular formula is C20H22N4O2. The van der Waals surface area contributed by atoms with Gasteiger partial charge in [-0.1, -0.05) is 25.1 Å². The van der Waals surface area contributed by atoms with Gasteiger partial charge in [0.05, 0.1) is 0 Å². The summed E-state index contributed by atoms with van der Waals surface area (Å²) in [4.78, 5) is 32.9. The van der Waals surface area contributed by atoms with E-state index < -0.39 is 5.41 Å². The molecule has 2 amide bonds. The van der Waals surface area contributed by atoms with Crippen LogP contribution >= 0.6 is 0 Å². The van der Waals surface area contributed by atoms with E-state index in [1.807, 2.05) is 53.9 Å². The van der Waals surface area contributed by atoms with E-state index in [0.717, 1.165) is 29.9 Å². The number of likely N-dealkylation sites (tertiary alicyclic amines) is 1. The molecule has 1 saturated heterocycles. The van der Waals surface area contributed by atoms with Gasteiger partial charge in [0.15, 0.2) is 0 Å². The smallest absolute Gasteiger partial charge is 0.237 e. The normalized spacial score (nSPS) is 28.3. The van der Waals surface area contributed by atoms with E-state index in [-0.39, 0.29) is 23.3 Å². The van der Waals surface area contributed by atoms with Crippen LogP contribution in [0.2, 0.25) is 0 Å². The summed E-state index contributed by atoms with van der Waals surface area (Å²) in [7, 11) is 1.93. The van der Waals surface area contributed by atoms with Crippen molar-refractivity contribution >= 4 is 17.5 Å². The maximum Gasteiger partial charge on any atom is 0.237 e. The molecule has 134 valence electrons. The van der Waals surface area contributed by atoms with Crippen molar-refractivity contribution < 1.29 is 9.59 Å². The third kappa shape index (κ3) is 1.84. The lowest BCUT2D eigenvalue weighted by Crippen LogP contribution is -2.45. The fourth-order valence-electron chi connectivity index (χ4n) is 4.65. The Bertz CT molecular complexity index is 929. The Labute approximate surface area is 152 Å². The first kappa shape index (κ1) is 15.6. The SMILES string of the molecule is Cn1ccnc1[C@@H]1N(C(=O)C2(C)CC2)CC[C@]12C(=O)Nc1ccccc12. The molecule has 1 saturated carbocycles. The van der Waals surface area contributed by atoms with E-state index in [9.17, 15) is 9.59 Å². The molecule has 6 heteroatoms. The summed E-state index contributed by atoms with van der Waals surface area (Å²) in [5, 5.41) is 3.04. The molecule has 6 nitrogen and oxygen atoms in total. The van der Waals surface area contributed by atoms with Crippen LogP contribution < -0.4 is 5.32 Å². The van der Waals surface area contributed by atoms with Crippen molar-refractivity contribution in [3.05, 3.63) is 48.0 Å². The predicted molar refractivity (Wildman–Crippen MR) is 96.4 cm³/mol. The van der Waals surface area contributed by atoms with Crippen molar-refractivity contribution in [1.29, 1.82) is 0 Å². The van der Waals surface area contributed by atoms with Crippen molar-refractivity contribution in [2.24, 2.45) is 12.5 Å². The molecule has 1 spiro atoms. The number of rotatable bonds is 2. The van der Waals surface area contributed by atoms with E-state index in [1.165, 1.54) is 0 Å². The first-order valence-corrected chi connectivity index (χ1v) is 9.17. The number of nitrogens with one attached hydrogen (secondary N) is 1. The number of carbonyl (C=O) groups excluding carboxylic acids is 2. The Morgan fingerprint density at radius 1 is 1.27 bits per heavy atom. The molecule has 2 aliphatic heterocycles. The standard InChI is InChI=1S/C20H22N4O2/c1-19(7-8-19)18(26)24-11-9-20(15(24)16-21-10-12-23(16)2)13-5-3-4-6-14(13)22-17(20)25/h3-6,10,12,15H,7-9,11H2,1-2H3,(H,22,25)/t15-,20+/m0/s1. The number of anilines is 1. The molecule has 0 radical (unpaired) electrons. The zero-order valence-corrected chi connectivity index (χ0v) is 15.0. The summed E-state index contributed by atoms with van der Waals surface area (Å²) < 4.78 is 1.93. The summed E-state index contributed by atoms with van der Waals surface area (Å²) in [5.41, 5.74) is 0.790. The van der Waals surface area contributed by atoms with E-state index in [0.29, 0.717) is 13.0 Å². The van der Waals surface area contributed by atoms with Gasteiger partial charge in [-0.3, -0.25) is 9.59 Å². The van der Waals surface area contributed by atoms with Crippen molar-refractivity contribution in [1.82, 2.24) is 14.5 Å². The van der Waals surface area contributed by atoms with E-state index in [2.05, 4.69) is 10.3 Å². The number of aromatic nitrogens is 2. The van der Waals surface area contributed by atoms with E-state index >= 15 is 0 Å². The zero-order chi connectivity index (χ0) is 18.1. The molecule has 1 aromatic heterocycles. The average Bonchev–Trinajstić information content (AvgIpc) is 2.98. The minimum absolute atomic E-state index is 0.0250. The van der Waals surface area contributed by atoms with Crippen molar-refractivity contribution in [3.63, 3.8) is 0 Å². The minimum Gasteiger partial charge on any atom is -0.336 e. The first-order chi connectivity index (χ1) is 12.5. The maximum atomic E-state index is 13.3. The summed E-state index contributed by atoms with van der Waals surface area (Å²) >= 11 is 0. The second-order valence-corrected chi connectivity index (χ2v) is 8.08. The molecular weight excluding hydrogens is 328 g/mol. The molecule has 1 aromatic carbocycles. The van der Waals surface area contributed by atoms with Gasteiger partial charge < -0.3 is 14.8 Å². The van der Waals surface area contributed by atoms with Crippen LogP contribution in [0.1, 0.15) is 43.6 Å². The van der Waals surface area contributed by atoms with Crippen LogP contribution in [-0.2, 0) is 22.1 Å². The Kier molecular flexibility index (Phi) is 2.98. The van der Waals surface area contributed by atoms with Crippen LogP contribution in [0.15, 0.2) is 36.7 Å². The molecule has 1 N–H and O–H groups in total. The summed E-state index contributed by atoms with van der Waals surface area (Å²) in [6.45, 7) is 2.60. The molecule has 3 heterocycles. The highest BCUT2D eigenvalue weighted by molar-refractivity contribution is 6.07. The van der Waals surface area contributed by atoms with Crippen LogP contribution in [0.25, 0.3) is 0 Å². The van der Waals surface area contributed by atoms with Gasteiger partial charge in [-0.25, -0.2) is 4.98 Å². The molecule has 2 atom stereocenters. The number of carbonyl (C=O) groups is 2. The quantitative estimate of drug-likeness (QED) is 0.904. The minimum atomic E-state index is -0.767. The average molecular weight is 350 g/mol. The lowest BCUT2D eigenvalue weighted by molar-refractivity contribution is -0.138. The lowest BCUT2D eigenvalue weighted by Gasteiger charge is -2.34. The van der Waals surface area contributed by atoms with Crippen LogP contribution in [0.4, 0.5) is 5.69 Å². The number of imidazole rings is 1.